The average Bonchev–Trinajstić information content (AvgIpc) is 3.36. The highest BCUT2D eigenvalue weighted by Gasteiger charge is 2.19. The first-order valence-electron chi connectivity index (χ1n) is 10.9. The van der Waals surface area contributed by atoms with Crippen LogP contribution in [0.3, 0.4) is 0 Å². The number of benzene rings is 3. The van der Waals surface area contributed by atoms with Crippen molar-refractivity contribution in [1.29, 1.82) is 0 Å². The molecule has 8 nitrogen and oxygen atoms in total. The molecule has 3 aromatic carbocycles. The Morgan fingerprint density at radius 1 is 1.03 bits per heavy atom. The third-order valence-electron chi connectivity index (χ3n) is 5.14. The van der Waals surface area contributed by atoms with Crippen LogP contribution in [0.5, 0.6) is 17.2 Å². The smallest absolute Gasteiger partial charge is 0.342 e. The van der Waals surface area contributed by atoms with Crippen LogP contribution < -0.4 is 14.2 Å². The van der Waals surface area contributed by atoms with Crippen molar-refractivity contribution in [2.24, 2.45) is 0 Å². The normalized spacial score (nSPS) is 11.4. The molecule has 4 aromatic rings. The van der Waals surface area contributed by atoms with Crippen LogP contribution >= 0.6 is 62.5 Å². The molecule has 0 saturated heterocycles. The predicted molar refractivity (Wildman–Crippen MR) is 154 cm³/mol. The van der Waals surface area contributed by atoms with Gasteiger partial charge in [-0.05, 0) is 81.8 Å². The predicted octanol–water partition coefficient (Wildman–Crippen LogP) is 8.27. The molecule has 1 heterocycles. The number of halogens is 4. The standard InChI is InChI=1S/C26H18BrCl3N2O6S/c1-35-20-6-5-15(28)10-17(20)24-31-32-26(38-24)39-22(25(33)34)9-13-7-18(27)23(21(8-13)36-2)37-12-14-3-4-16(29)11-19(14)30/h3-11H,12H2,1-2H3,(H,33,34)/b22-9-. The van der Waals surface area contributed by atoms with Crippen LogP contribution in [0.15, 0.2) is 67.5 Å². The summed E-state index contributed by atoms with van der Waals surface area (Å²) in [6, 6.07) is 13.4. The summed E-state index contributed by atoms with van der Waals surface area (Å²) in [5.74, 6) is 0.221. The monoisotopic (exact) mass is 670 g/mol. The minimum atomic E-state index is -1.19. The Bertz CT molecular complexity index is 1560. The quantitative estimate of drug-likeness (QED) is 0.132. The van der Waals surface area contributed by atoms with Crippen LogP contribution in [-0.4, -0.2) is 35.5 Å². The molecule has 0 spiro atoms. The highest BCUT2D eigenvalue weighted by Crippen LogP contribution is 2.40. The van der Waals surface area contributed by atoms with Crippen LogP contribution in [0.2, 0.25) is 15.1 Å². The van der Waals surface area contributed by atoms with Crippen LogP contribution in [0.4, 0.5) is 0 Å². The molecule has 0 aliphatic heterocycles. The second-order valence-corrected chi connectivity index (χ2v) is 10.8. The first-order valence-corrected chi connectivity index (χ1v) is 13.7. The largest absolute Gasteiger partial charge is 0.496 e. The van der Waals surface area contributed by atoms with E-state index in [0.717, 1.165) is 17.3 Å². The van der Waals surface area contributed by atoms with Crippen molar-refractivity contribution in [2.75, 3.05) is 14.2 Å². The molecule has 0 unspecified atom stereocenters. The van der Waals surface area contributed by atoms with E-state index in [0.29, 0.717) is 47.9 Å². The van der Waals surface area contributed by atoms with Gasteiger partial charge in [0.15, 0.2) is 11.5 Å². The molecule has 1 N–H and O–H groups in total. The number of hydrogen-bond donors (Lipinski definition) is 1. The fourth-order valence-electron chi connectivity index (χ4n) is 3.34. The Morgan fingerprint density at radius 2 is 1.74 bits per heavy atom. The maximum atomic E-state index is 12.0. The number of aromatic nitrogens is 2. The third-order valence-corrected chi connectivity index (χ3v) is 7.41. The molecule has 0 aliphatic rings. The van der Waals surface area contributed by atoms with E-state index in [9.17, 15) is 9.90 Å². The number of methoxy groups -OCH3 is 2. The highest BCUT2D eigenvalue weighted by molar-refractivity contribution is 9.10. The van der Waals surface area contributed by atoms with E-state index >= 15 is 0 Å². The molecule has 0 saturated carbocycles. The van der Waals surface area contributed by atoms with Crippen LogP contribution in [0.25, 0.3) is 17.5 Å². The van der Waals surface area contributed by atoms with Gasteiger partial charge in [-0.15, -0.1) is 10.2 Å². The van der Waals surface area contributed by atoms with Crippen LogP contribution in [0, 0.1) is 0 Å². The molecule has 1 aromatic heterocycles. The Kier molecular flexibility index (Phi) is 9.68. The molecule has 0 amide bonds. The maximum absolute atomic E-state index is 12.0. The number of rotatable bonds is 10. The van der Waals surface area contributed by atoms with E-state index in [2.05, 4.69) is 26.1 Å². The number of ether oxygens (including phenoxy) is 3. The highest BCUT2D eigenvalue weighted by atomic mass is 79.9. The number of carbonyl (C=O) groups is 1. The lowest BCUT2D eigenvalue weighted by Gasteiger charge is -2.14. The van der Waals surface area contributed by atoms with Gasteiger partial charge in [-0.3, -0.25) is 0 Å². The van der Waals surface area contributed by atoms with Crippen molar-refractivity contribution in [2.45, 2.75) is 11.8 Å². The summed E-state index contributed by atoms with van der Waals surface area (Å²) >= 11 is 22.6. The van der Waals surface area contributed by atoms with Gasteiger partial charge >= 0.3 is 5.97 Å². The van der Waals surface area contributed by atoms with Gasteiger partial charge in [0.1, 0.15) is 17.3 Å². The summed E-state index contributed by atoms with van der Waals surface area (Å²) in [6.07, 6.45) is 1.45. The molecule has 39 heavy (non-hydrogen) atoms. The number of carboxylic acids is 1. The third kappa shape index (κ3) is 7.20. The summed E-state index contributed by atoms with van der Waals surface area (Å²) in [7, 11) is 2.98. The van der Waals surface area contributed by atoms with Gasteiger partial charge in [-0.2, -0.15) is 0 Å². The van der Waals surface area contributed by atoms with Crippen LogP contribution in [0.1, 0.15) is 11.1 Å². The molecular weight excluding hydrogens is 655 g/mol. The fraction of sp³-hybridized carbons (Fsp3) is 0.115. The van der Waals surface area contributed by atoms with E-state index in [1.54, 1.807) is 48.5 Å². The topological polar surface area (TPSA) is 104 Å². The summed E-state index contributed by atoms with van der Waals surface area (Å²) in [5.41, 5.74) is 1.74. The maximum Gasteiger partial charge on any atom is 0.342 e. The molecule has 202 valence electrons. The molecule has 13 heteroatoms. The number of aliphatic carboxylic acids is 1. The summed E-state index contributed by atoms with van der Waals surface area (Å²) in [5, 5.41) is 19.3. The summed E-state index contributed by atoms with van der Waals surface area (Å²) < 4.78 is 23.0. The van der Waals surface area contributed by atoms with Crippen molar-refractivity contribution < 1.29 is 28.5 Å². The Balaban J connectivity index is 1.58. The molecule has 4 rings (SSSR count). The minimum Gasteiger partial charge on any atom is -0.496 e. The van der Waals surface area contributed by atoms with Crippen molar-refractivity contribution in [1.82, 2.24) is 10.2 Å². The lowest BCUT2D eigenvalue weighted by Crippen LogP contribution is -2.00. The van der Waals surface area contributed by atoms with Crippen molar-refractivity contribution >= 4 is 74.5 Å². The molecule has 0 fully saturated rings. The Morgan fingerprint density at radius 3 is 2.44 bits per heavy atom. The van der Waals surface area contributed by atoms with E-state index in [4.69, 9.17) is 53.4 Å². The van der Waals surface area contributed by atoms with Gasteiger partial charge in [0.25, 0.3) is 11.1 Å². The van der Waals surface area contributed by atoms with Gasteiger partial charge in [-0.25, -0.2) is 4.79 Å². The lowest BCUT2D eigenvalue weighted by atomic mass is 10.2. The van der Waals surface area contributed by atoms with Crippen molar-refractivity contribution in [3.63, 3.8) is 0 Å². The van der Waals surface area contributed by atoms with Gasteiger partial charge in [0.05, 0.1) is 24.3 Å². The lowest BCUT2D eigenvalue weighted by molar-refractivity contribution is -0.131. The number of carboxylic acid groups (broad SMARTS) is 1. The fourth-order valence-corrected chi connectivity index (χ4v) is 5.22. The first kappa shape index (κ1) is 29.1. The number of nitrogens with zero attached hydrogens (tertiary/aromatic N) is 2. The molecule has 0 aliphatic carbocycles. The van der Waals surface area contributed by atoms with Gasteiger partial charge in [0.2, 0.25) is 0 Å². The minimum absolute atomic E-state index is 0.0199. The van der Waals surface area contributed by atoms with Gasteiger partial charge in [0, 0.05) is 20.6 Å². The van der Waals surface area contributed by atoms with E-state index in [-0.39, 0.29) is 22.6 Å². The SMILES string of the molecule is COc1ccc(Cl)cc1-c1nnc(S/C(=C\c2cc(Br)c(OCc3ccc(Cl)cc3Cl)c(OC)c2)C(=O)O)o1. The summed E-state index contributed by atoms with van der Waals surface area (Å²) in [6.45, 7) is 0.160. The second kappa shape index (κ2) is 13.0. The van der Waals surface area contributed by atoms with E-state index in [1.165, 1.54) is 20.3 Å². The second-order valence-electron chi connectivity index (χ2n) is 7.69. The molecule has 0 bridgehead atoms. The molecule has 0 radical (unpaired) electrons. The van der Waals surface area contributed by atoms with Crippen molar-refractivity contribution in [3.8, 4) is 28.7 Å². The Labute approximate surface area is 251 Å². The zero-order valence-electron chi connectivity index (χ0n) is 20.2. The van der Waals surface area contributed by atoms with Crippen LogP contribution in [-0.2, 0) is 11.4 Å². The number of hydrogen-bond acceptors (Lipinski definition) is 8. The zero-order valence-corrected chi connectivity index (χ0v) is 24.9. The Hall–Kier alpha value is -2.89. The summed E-state index contributed by atoms with van der Waals surface area (Å²) in [4.78, 5) is 12.0. The molecule has 0 atom stereocenters. The average molecular weight is 673 g/mol. The molecular formula is C26H18BrCl3N2O6S. The van der Waals surface area contributed by atoms with Crippen molar-refractivity contribution in [3.05, 3.63) is 84.1 Å². The van der Waals surface area contributed by atoms with E-state index in [1.807, 2.05) is 0 Å². The first-order chi connectivity index (χ1) is 18.7. The van der Waals surface area contributed by atoms with E-state index < -0.39 is 5.97 Å². The zero-order chi connectivity index (χ0) is 28.1. The van der Waals surface area contributed by atoms with Gasteiger partial charge in [-0.1, -0.05) is 40.9 Å². The number of thioether (sulfide) groups is 1. The van der Waals surface area contributed by atoms with Gasteiger partial charge < -0.3 is 23.7 Å².